The Morgan fingerprint density at radius 3 is 2.00 bits per heavy atom. The molecule has 59 heavy (non-hydrogen) atoms. The SMILES string of the molecule is CCCCCC=CCC=CCC=CCC=CCCCC(=O)NCCCCCNC(=O)c1ccc(-c2c3ccc(=[N+](C)C)cc-3oc3cc(N(C)C)ccc23)c(C(=O)[O-])c1. The Morgan fingerprint density at radius 2 is 1.36 bits per heavy atom. The maximum atomic E-state index is 13.1. The number of nitrogens with one attached hydrogen (secondary N) is 2. The Labute approximate surface area is 351 Å². The highest BCUT2D eigenvalue weighted by atomic mass is 16.4. The van der Waals surface area contributed by atoms with Gasteiger partial charge < -0.3 is 29.9 Å². The third kappa shape index (κ3) is 14.9. The van der Waals surface area contributed by atoms with Gasteiger partial charge in [0, 0.05) is 79.1 Å². The number of amides is 2. The summed E-state index contributed by atoms with van der Waals surface area (Å²) in [6.07, 6.45) is 30.1. The van der Waals surface area contributed by atoms with Crippen LogP contribution in [0.5, 0.6) is 0 Å². The monoisotopic (exact) mass is 800 g/mol. The second kappa shape index (κ2) is 24.9. The lowest BCUT2D eigenvalue weighted by atomic mass is 9.89. The average molecular weight is 801 g/mol. The van der Waals surface area contributed by atoms with Crippen molar-refractivity contribution >= 4 is 34.4 Å². The van der Waals surface area contributed by atoms with Crippen LogP contribution in [-0.4, -0.2) is 59.1 Å². The minimum Gasteiger partial charge on any atom is -0.545 e. The molecule has 0 radical (unpaired) electrons. The second-order valence-electron chi connectivity index (χ2n) is 15.3. The highest BCUT2D eigenvalue weighted by molar-refractivity contribution is 6.09. The van der Waals surface area contributed by atoms with Crippen LogP contribution in [0.4, 0.5) is 5.69 Å². The number of carbonyl (C=O) groups is 3. The van der Waals surface area contributed by atoms with Crippen LogP contribution < -0.4 is 30.6 Å². The fraction of sp³-hybridized carbons (Fsp3) is 0.400. The van der Waals surface area contributed by atoms with E-state index in [1.54, 1.807) is 12.1 Å². The van der Waals surface area contributed by atoms with Gasteiger partial charge in [-0.3, -0.25) is 9.59 Å². The van der Waals surface area contributed by atoms with Crippen LogP contribution >= 0.6 is 0 Å². The molecule has 1 aliphatic heterocycles. The maximum Gasteiger partial charge on any atom is 0.251 e. The maximum absolute atomic E-state index is 13.1. The lowest BCUT2D eigenvalue weighted by Crippen LogP contribution is -2.27. The van der Waals surface area contributed by atoms with Crippen molar-refractivity contribution in [2.75, 3.05) is 46.2 Å². The number of nitrogens with zero attached hydrogens (tertiary/aromatic N) is 2. The molecule has 2 N–H and O–H groups in total. The van der Waals surface area contributed by atoms with Crippen molar-refractivity contribution < 1.29 is 23.9 Å². The fourth-order valence-electron chi connectivity index (χ4n) is 6.77. The van der Waals surface area contributed by atoms with Gasteiger partial charge in [0.15, 0.2) is 0 Å². The number of carboxylic acid groups (broad SMARTS) is 1. The third-order valence-corrected chi connectivity index (χ3v) is 10.2. The molecule has 9 nitrogen and oxygen atoms in total. The van der Waals surface area contributed by atoms with E-state index in [0.29, 0.717) is 42.0 Å². The Hall–Kier alpha value is -5.70. The summed E-state index contributed by atoms with van der Waals surface area (Å²) in [5.74, 6) is -1.06. The number of anilines is 1. The van der Waals surface area contributed by atoms with E-state index in [-0.39, 0.29) is 22.9 Å². The van der Waals surface area contributed by atoms with Gasteiger partial charge in [0.25, 0.3) is 5.91 Å². The molecule has 314 valence electrons. The highest BCUT2D eigenvalue weighted by Crippen LogP contribution is 2.42. The number of rotatable bonds is 24. The summed E-state index contributed by atoms with van der Waals surface area (Å²) in [4.78, 5) is 40.0. The molecular weight excluding hydrogens is 737 g/mol. The molecule has 0 atom stereocenters. The van der Waals surface area contributed by atoms with E-state index in [4.69, 9.17) is 4.42 Å². The number of hydrogen-bond acceptors (Lipinski definition) is 6. The Bertz CT molecular complexity index is 2150. The molecule has 1 aliphatic carbocycles. The molecule has 0 unspecified atom stereocenters. The van der Waals surface area contributed by atoms with Crippen LogP contribution in [0.25, 0.3) is 33.4 Å². The summed E-state index contributed by atoms with van der Waals surface area (Å²) in [5.41, 5.74) is 3.61. The van der Waals surface area contributed by atoms with Crippen LogP contribution in [-0.2, 0) is 4.79 Å². The highest BCUT2D eigenvalue weighted by Gasteiger charge is 2.22. The van der Waals surface area contributed by atoms with E-state index in [0.717, 1.165) is 73.4 Å². The Balaban J connectivity index is 1.19. The molecule has 0 bridgehead atoms. The van der Waals surface area contributed by atoms with E-state index in [1.807, 2.05) is 74.1 Å². The van der Waals surface area contributed by atoms with Crippen LogP contribution in [0.15, 0.2) is 108 Å². The lowest BCUT2D eigenvalue weighted by molar-refractivity contribution is -0.254. The van der Waals surface area contributed by atoms with Crippen LogP contribution in [0.2, 0.25) is 0 Å². The molecule has 0 aromatic heterocycles. The van der Waals surface area contributed by atoms with Gasteiger partial charge in [-0.15, -0.1) is 0 Å². The zero-order valence-corrected chi connectivity index (χ0v) is 35.9. The van der Waals surface area contributed by atoms with Crippen LogP contribution in [0, 0.1) is 0 Å². The predicted octanol–water partition coefficient (Wildman–Crippen LogP) is 8.83. The van der Waals surface area contributed by atoms with Gasteiger partial charge >= 0.3 is 0 Å². The molecule has 0 spiro atoms. The van der Waals surface area contributed by atoms with E-state index in [1.165, 1.54) is 31.7 Å². The number of hydrogen-bond donors (Lipinski definition) is 2. The molecular formula is C50H64N4O5. The third-order valence-electron chi connectivity index (χ3n) is 10.2. The first-order chi connectivity index (χ1) is 28.6. The first-order valence-electron chi connectivity index (χ1n) is 21.3. The predicted molar refractivity (Wildman–Crippen MR) is 242 cm³/mol. The molecule has 0 saturated heterocycles. The van der Waals surface area contributed by atoms with Crippen molar-refractivity contribution in [2.24, 2.45) is 0 Å². The Kier molecular flexibility index (Phi) is 19.4. The fourth-order valence-corrected chi connectivity index (χ4v) is 6.77. The lowest BCUT2D eigenvalue weighted by Gasteiger charge is -2.20. The molecule has 2 amide bonds. The van der Waals surface area contributed by atoms with Crippen molar-refractivity contribution in [2.45, 2.75) is 90.4 Å². The number of fused-ring (bicyclic) bond motifs is 2. The number of allylic oxidation sites excluding steroid dienone is 8. The molecule has 0 fully saturated rings. The van der Waals surface area contributed by atoms with Gasteiger partial charge in [-0.05, 0) is 100 Å². The standard InChI is InChI=1S/C50H64N4O5/c1-6-7-8-9-10-11-12-13-14-15-16-17-18-19-20-21-23-26-47(55)51-33-24-22-25-34-52-49(56)38-27-30-41(44(35-38)50(57)58)48-42-31-28-39(53(2)3)36-45(42)59-46-37-40(54(4)5)29-32-43(46)48/h10-11,13-14,16-17,19-20,27-32,35-37H,6-9,12,15,18,21-26,33-34H2,1-5H3,(H2-,51,52,55,56,57,58). The molecule has 9 heteroatoms. The first kappa shape index (κ1) is 46.0. The number of carboxylic acids is 1. The van der Waals surface area contributed by atoms with Gasteiger partial charge in [-0.1, -0.05) is 74.4 Å². The normalized spacial score (nSPS) is 11.8. The van der Waals surface area contributed by atoms with E-state index >= 15 is 0 Å². The average Bonchev–Trinajstić information content (AvgIpc) is 3.22. The van der Waals surface area contributed by atoms with Crippen LogP contribution in [0.1, 0.15) is 111 Å². The first-order valence-corrected chi connectivity index (χ1v) is 21.3. The van der Waals surface area contributed by atoms with E-state index in [2.05, 4.69) is 66.2 Å². The van der Waals surface area contributed by atoms with Crippen molar-refractivity contribution in [3.8, 4) is 22.5 Å². The summed E-state index contributed by atoms with van der Waals surface area (Å²) in [6.45, 7) is 3.26. The zero-order valence-electron chi connectivity index (χ0n) is 35.9. The number of benzene rings is 3. The minimum atomic E-state index is -1.37. The summed E-state index contributed by atoms with van der Waals surface area (Å²) in [6, 6.07) is 16.4. The topological polar surface area (TPSA) is 118 Å². The van der Waals surface area contributed by atoms with Crippen LogP contribution in [0.3, 0.4) is 0 Å². The quantitative estimate of drug-likeness (QED) is 0.0317. The molecule has 4 rings (SSSR count). The Morgan fingerprint density at radius 1 is 0.712 bits per heavy atom. The molecule has 2 aliphatic rings. The van der Waals surface area contributed by atoms with Gasteiger partial charge in [-0.25, -0.2) is 4.58 Å². The molecule has 2 aromatic carbocycles. The largest absolute Gasteiger partial charge is 0.545 e. The van der Waals surface area contributed by atoms with Gasteiger partial charge in [0.1, 0.15) is 25.4 Å². The van der Waals surface area contributed by atoms with Crippen molar-refractivity contribution in [1.82, 2.24) is 15.2 Å². The second-order valence-corrected chi connectivity index (χ2v) is 15.3. The van der Waals surface area contributed by atoms with Crippen molar-refractivity contribution in [1.29, 1.82) is 0 Å². The number of aromatic carboxylic acids is 1. The van der Waals surface area contributed by atoms with E-state index in [9.17, 15) is 19.5 Å². The molecule has 1 heterocycles. The van der Waals surface area contributed by atoms with Crippen molar-refractivity contribution in [3.05, 3.63) is 120 Å². The summed E-state index contributed by atoms with van der Waals surface area (Å²) < 4.78 is 8.37. The van der Waals surface area contributed by atoms with E-state index < -0.39 is 5.97 Å². The van der Waals surface area contributed by atoms with Gasteiger partial charge in [0.05, 0.1) is 12.0 Å². The molecule has 0 saturated carbocycles. The van der Waals surface area contributed by atoms with Gasteiger partial charge in [-0.2, -0.15) is 0 Å². The zero-order chi connectivity index (χ0) is 42.4. The smallest absolute Gasteiger partial charge is 0.251 e. The minimum absolute atomic E-state index is 0.0591. The molecule has 2 aromatic rings. The summed E-state index contributed by atoms with van der Waals surface area (Å²) in [7, 11) is 7.79. The number of carbonyl (C=O) groups excluding carboxylic acids is 3. The number of unbranched alkanes of at least 4 members (excludes halogenated alkanes) is 6. The van der Waals surface area contributed by atoms with Gasteiger partial charge in [0.2, 0.25) is 11.3 Å². The van der Waals surface area contributed by atoms with Crippen molar-refractivity contribution in [3.63, 3.8) is 0 Å². The summed E-state index contributed by atoms with van der Waals surface area (Å²) in [5, 5.41) is 20.2. The summed E-state index contributed by atoms with van der Waals surface area (Å²) >= 11 is 0.